The number of hydrogen-bond acceptors (Lipinski definition) is 3. The molecule has 0 spiro atoms. The number of carbonyl (C=O) groups excluding carboxylic acids is 1. The monoisotopic (exact) mass is 374 g/mol. The Morgan fingerprint density at radius 3 is 2.31 bits per heavy atom. The Labute approximate surface area is 155 Å². The van der Waals surface area contributed by atoms with E-state index in [0.717, 1.165) is 30.4 Å². The van der Waals surface area contributed by atoms with Crippen molar-refractivity contribution in [3.8, 4) is 0 Å². The Morgan fingerprint density at radius 2 is 1.69 bits per heavy atom. The summed E-state index contributed by atoms with van der Waals surface area (Å²) in [5.41, 5.74) is 2.93. The van der Waals surface area contributed by atoms with Crippen LogP contribution in [-0.2, 0) is 10.0 Å². The van der Waals surface area contributed by atoms with E-state index in [4.69, 9.17) is 0 Å². The predicted octanol–water partition coefficient (Wildman–Crippen LogP) is 4.02. The number of nitrogens with one attached hydrogen (secondary N) is 2. The number of rotatable bonds is 8. The summed E-state index contributed by atoms with van der Waals surface area (Å²) < 4.78 is 27.7. The summed E-state index contributed by atoms with van der Waals surface area (Å²) in [6, 6.07) is 11.5. The van der Waals surface area contributed by atoms with Gasteiger partial charge in [0.15, 0.2) is 0 Å². The Hall–Kier alpha value is -2.34. The number of carbonyl (C=O) groups is 1. The molecule has 2 aromatic rings. The van der Waals surface area contributed by atoms with Gasteiger partial charge < -0.3 is 5.32 Å². The maximum atomic E-state index is 12.6. The predicted molar refractivity (Wildman–Crippen MR) is 105 cm³/mol. The average molecular weight is 375 g/mol. The number of sulfonamides is 1. The molecule has 1 amide bonds. The van der Waals surface area contributed by atoms with Gasteiger partial charge in [0.25, 0.3) is 15.9 Å². The number of benzene rings is 2. The van der Waals surface area contributed by atoms with Crippen molar-refractivity contribution in [2.75, 3.05) is 11.3 Å². The lowest BCUT2D eigenvalue weighted by Gasteiger charge is -2.11. The highest BCUT2D eigenvalue weighted by Gasteiger charge is 2.16. The molecule has 0 aliphatic rings. The standard InChI is InChI=1S/C20H26N2O3S/c1-4-5-6-13-21-20(23)17-8-10-18(11-9-17)26(24,25)22-19-12-7-15(2)14-16(19)3/h7-12,14,22H,4-6,13H2,1-3H3,(H,21,23). The van der Waals surface area contributed by atoms with Crippen molar-refractivity contribution in [3.63, 3.8) is 0 Å². The van der Waals surface area contributed by atoms with Gasteiger partial charge in [-0.15, -0.1) is 0 Å². The maximum Gasteiger partial charge on any atom is 0.261 e. The molecule has 140 valence electrons. The molecule has 0 unspecified atom stereocenters. The fourth-order valence-electron chi connectivity index (χ4n) is 2.60. The van der Waals surface area contributed by atoms with E-state index < -0.39 is 10.0 Å². The van der Waals surface area contributed by atoms with E-state index in [1.807, 2.05) is 26.0 Å². The average Bonchev–Trinajstić information content (AvgIpc) is 2.61. The second-order valence-corrected chi connectivity index (χ2v) is 8.09. The minimum Gasteiger partial charge on any atom is -0.352 e. The SMILES string of the molecule is CCCCCNC(=O)c1ccc(S(=O)(=O)Nc2ccc(C)cc2C)cc1. The van der Waals surface area contributed by atoms with E-state index in [9.17, 15) is 13.2 Å². The first-order valence-corrected chi connectivity index (χ1v) is 10.3. The smallest absolute Gasteiger partial charge is 0.261 e. The van der Waals surface area contributed by atoms with Gasteiger partial charge in [0.2, 0.25) is 0 Å². The Balaban J connectivity index is 2.07. The molecule has 0 atom stereocenters. The normalized spacial score (nSPS) is 11.2. The molecule has 6 heteroatoms. The lowest BCUT2D eigenvalue weighted by atomic mass is 10.1. The van der Waals surface area contributed by atoms with Crippen LogP contribution < -0.4 is 10.0 Å². The van der Waals surface area contributed by atoms with E-state index in [2.05, 4.69) is 17.0 Å². The number of unbranched alkanes of at least 4 members (excludes halogenated alkanes) is 2. The van der Waals surface area contributed by atoms with Crippen molar-refractivity contribution in [2.45, 2.75) is 44.9 Å². The van der Waals surface area contributed by atoms with Gasteiger partial charge in [-0.05, 0) is 56.2 Å². The van der Waals surface area contributed by atoms with Crippen molar-refractivity contribution in [2.24, 2.45) is 0 Å². The van der Waals surface area contributed by atoms with Crippen molar-refractivity contribution in [1.82, 2.24) is 5.32 Å². The summed E-state index contributed by atoms with van der Waals surface area (Å²) in [5, 5.41) is 2.84. The van der Waals surface area contributed by atoms with Gasteiger partial charge in [0, 0.05) is 12.1 Å². The second-order valence-electron chi connectivity index (χ2n) is 6.41. The van der Waals surface area contributed by atoms with Crippen LogP contribution >= 0.6 is 0 Å². The Bertz CT molecular complexity index is 859. The third-order valence-electron chi connectivity index (χ3n) is 4.12. The van der Waals surface area contributed by atoms with Crippen LogP contribution in [0.4, 0.5) is 5.69 Å². The highest BCUT2D eigenvalue weighted by molar-refractivity contribution is 7.92. The Morgan fingerprint density at radius 1 is 1.00 bits per heavy atom. The van der Waals surface area contributed by atoms with E-state index in [-0.39, 0.29) is 10.8 Å². The molecule has 2 N–H and O–H groups in total. The van der Waals surface area contributed by atoms with E-state index in [0.29, 0.717) is 17.8 Å². The summed E-state index contributed by atoms with van der Waals surface area (Å²) in [5.74, 6) is -0.188. The van der Waals surface area contributed by atoms with E-state index >= 15 is 0 Å². The molecule has 0 aliphatic carbocycles. The maximum absolute atomic E-state index is 12.6. The van der Waals surface area contributed by atoms with Gasteiger partial charge in [-0.2, -0.15) is 0 Å². The fraction of sp³-hybridized carbons (Fsp3) is 0.350. The van der Waals surface area contributed by atoms with Gasteiger partial charge in [-0.1, -0.05) is 37.5 Å². The number of amides is 1. The van der Waals surface area contributed by atoms with Gasteiger partial charge in [0.1, 0.15) is 0 Å². The molecule has 0 fully saturated rings. The van der Waals surface area contributed by atoms with Crippen LogP contribution in [0.15, 0.2) is 47.4 Å². The molecule has 0 aromatic heterocycles. The van der Waals surface area contributed by atoms with Crippen LogP contribution in [-0.4, -0.2) is 20.9 Å². The van der Waals surface area contributed by atoms with Crippen LogP contribution in [0.3, 0.4) is 0 Å². The highest BCUT2D eigenvalue weighted by Crippen LogP contribution is 2.21. The zero-order chi connectivity index (χ0) is 19.2. The van der Waals surface area contributed by atoms with Gasteiger partial charge in [-0.3, -0.25) is 9.52 Å². The van der Waals surface area contributed by atoms with Crippen LogP contribution in [0.1, 0.15) is 47.7 Å². The van der Waals surface area contributed by atoms with Crippen LogP contribution in [0.25, 0.3) is 0 Å². The zero-order valence-corrected chi connectivity index (χ0v) is 16.3. The van der Waals surface area contributed by atoms with Gasteiger partial charge in [-0.25, -0.2) is 8.42 Å². The van der Waals surface area contributed by atoms with Crippen molar-refractivity contribution >= 4 is 21.6 Å². The topological polar surface area (TPSA) is 75.3 Å². The second kappa shape index (κ2) is 8.85. The van der Waals surface area contributed by atoms with Gasteiger partial charge >= 0.3 is 0 Å². The number of anilines is 1. The molecule has 2 aromatic carbocycles. The molecule has 2 rings (SSSR count). The molecule has 0 saturated carbocycles. The molecule has 0 aliphatic heterocycles. The first kappa shape index (κ1) is 20.0. The fourth-order valence-corrected chi connectivity index (χ4v) is 3.73. The van der Waals surface area contributed by atoms with Crippen molar-refractivity contribution < 1.29 is 13.2 Å². The van der Waals surface area contributed by atoms with E-state index in [1.165, 1.54) is 24.3 Å². The molecule has 0 heterocycles. The highest BCUT2D eigenvalue weighted by atomic mass is 32.2. The summed E-state index contributed by atoms with van der Waals surface area (Å²) >= 11 is 0. The molecule has 0 bridgehead atoms. The lowest BCUT2D eigenvalue weighted by molar-refractivity contribution is 0.0953. The summed E-state index contributed by atoms with van der Waals surface area (Å²) in [6.45, 7) is 6.54. The summed E-state index contributed by atoms with van der Waals surface area (Å²) in [6.07, 6.45) is 3.10. The summed E-state index contributed by atoms with van der Waals surface area (Å²) in [7, 11) is -3.70. The third kappa shape index (κ3) is 5.33. The van der Waals surface area contributed by atoms with Crippen LogP contribution in [0, 0.1) is 13.8 Å². The van der Waals surface area contributed by atoms with Crippen LogP contribution in [0.5, 0.6) is 0 Å². The molecule has 0 radical (unpaired) electrons. The molecular weight excluding hydrogens is 348 g/mol. The molecule has 5 nitrogen and oxygen atoms in total. The zero-order valence-electron chi connectivity index (χ0n) is 15.5. The number of aryl methyl sites for hydroxylation is 2. The first-order chi connectivity index (χ1) is 12.3. The third-order valence-corrected chi connectivity index (χ3v) is 5.50. The van der Waals surface area contributed by atoms with Crippen molar-refractivity contribution in [1.29, 1.82) is 0 Å². The first-order valence-electron chi connectivity index (χ1n) is 8.82. The van der Waals surface area contributed by atoms with Crippen molar-refractivity contribution in [3.05, 3.63) is 59.2 Å². The summed E-state index contributed by atoms with van der Waals surface area (Å²) in [4.78, 5) is 12.2. The minimum absolute atomic E-state index is 0.125. The van der Waals surface area contributed by atoms with Gasteiger partial charge in [0.05, 0.1) is 10.6 Å². The Kier molecular flexibility index (Phi) is 6.80. The number of hydrogen-bond donors (Lipinski definition) is 2. The quantitative estimate of drug-likeness (QED) is 0.685. The minimum atomic E-state index is -3.70. The molecule has 0 saturated heterocycles. The van der Waals surface area contributed by atoms with Crippen LogP contribution in [0.2, 0.25) is 0 Å². The largest absolute Gasteiger partial charge is 0.352 e. The molecule has 26 heavy (non-hydrogen) atoms. The molecular formula is C20H26N2O3S. The lowest BCUT2D eigenvalue weighted by Crippen LogP contribution is -2.24. The van der Waals surface area contributed by atoms with E-state index in [1.54, 1.807) is 6.07 Å².